The predicted octanol–water partition coefficient (Wildman–Crippen LogP) is 4.24. The molecule has 0 heterocycles. The van der Waals surface area contributed by atoms with Gasteiger partial charge in [0.15, 0.2) is 6.61 Å². The van der Waals surface area contributed by atoms with Gasteiger partial charge in [0.1, 0.15) is 5.75 Å². The van der Waals surface area contributed by atoms with E-state index in [1.54, 1.807) is 0 Å². The van der Waals surface area contributed by atoms with Gasteiger partial charge in [0.2, 0.25) is 0 Å². The summed E-state index contributed by atoms with van der Waals surface area (Å²) < 4.78 is 45.0. The van der Waals surface area contributed by atoms with Crippen LogP contribution < -0.4 is 10.1 Å². The number of rotatable bonds is 6. The number of esters is 1. The summed E-state index contributed by atoms with van der Waals surface area (Å²) in [7, 11) is 0. The summed E-state index contributed by atoms with van der Waals surface area (Å²) in [6.45, 7) is 5.27. The van der Waals surface area contributed by atoms with Gasteiger partial charge in [-0.1, -0.05) is 18.2 Å². The van der Waals surface area contributed by atoms with E-state index in [0.29, 0.717) is 0 Å². The second kappa shape index (κ2) is 8.77. The van der Waals surface area contributed by atoms with Crippen LogP contribution in [0.2, 0.25) is 0 Å². The highest BCUT2D eigenvalue weighted by atomic mass is 19.4. The maximum atomic E-state index is 12.1. The quantitative estimate of drug-likeness (QED) is 0.744. The summed E-state index contributed by atoms with van der Waals surface area (Å²) in [4.78, 5) is 23.9. The van der Waals surface area contributed by atoms with E-state index < -0.39 is 30.6 Å². The first-order valence-electron chi connectivity index (χ1n) is 8.44. The van der Waals surface area contributed by atoms with Gasteiger partial charge in [-0.25, -0.2) is 4.79 Å². The Kier molecular flexibility index (Phi) is 6.66. The highest BCUT2D eigenvalue weighted by Gasteiger charge is 2.31. The SMILES string of the molecule is Cc1ccc([C@@H](C)NC(=O)COC(=O)c2ccc(OC(F)(F)F)cc2)cc1C. The lowest BCUT2D eigenvalue weighted by Crippen LogP contribution is -2.31. The van der Waals surface area contributed by atoms with Crippen molar-refractivity contribution in [2.45, 2.75) is 33.2 Å². The molecular weight excluding hydrogens is 375 g/mol. The first-order chi connectivity index (χ1) is 13.0. The summed E-state index contributed by atoms with van der Waals surface area (Å²) >= 11 is 0. The molecular formula is C20H20F3NO4. The molecule has 0 aromatic heterocycles. The van der Waals surface area contributed by atoms with Gasteiger partial charge < -0.3 is 14.8 Å². The van der Waals surface area contributed by atoms with Crippen LogP contribution in [0.5, 0.6) is 5.75 Å². The molecule has 28 heavy (non-hydrogen) atoms. The second-order valence-electron chi connectivity index (χ2n) is 6.28. The van der Waals surface area contributed by atoms with E-state index in [0.717, 1.165) is 41.0 Å². The predicted molar refractivity (Wildman–Crippen MR) is 95.9 cm³/mol. The molecule has 0 saturated heterocycles. The van der Waals surface area contributed by atoms with Crippen LogP contribution >= 0.6 is 0 Å². The average molecular weight is 395 g/mol. The highest BCUT2D eigenvalue weighted by Crippen LogP contribution is 2.23. The second-order valence-corrected chi connectivity index (χ2v) is 6.28. The minimum absolute atomic E-state index is 0.00420. The molecule has 150 valence electrons. The summed E-state index contributed by atoms with van der Waals surface area (Å²) in [5.41, 5.74) is 3.17. The fourth-order valence-corrected chi connectivity index (χ4v) is 2.41. The third-order valence-corrected chi connectivity index (χ3v) is 4.07. The van der Waals surface area contributed by atoms with Crippen LogP contribution in [0, 0.1) is 13.8 Å². The fraction of sp³-hybridized carbons (Fsp3) is 0.300. The van der Waals surface area contributed by atoms with Gasteiger partial charge in [-0.2, -0.15) is 0 Å². The number of benzene rings is 2. The zero-order chi connectivity index (χ0) is 20.9. The fourth-order valence-electron chi connectivity index (χ4n) is 2.41. The molecule has 0 saturated carbocycles. The Labute approximate surface area is 160 Å². The number of carbonyl (C=O) groups excluding carboxylic acids is 2. The zero-order valence-electron chi connectivity index (χ0n) is 15.6. The van der Waals surface area contributed by atoms with E-state index >= 15 is 0 Å². The van der Waals surface area contributed by atoms with Crippen LogP contribution in [-0.4, -0.2) is 24.8 Å². The van der Waals surface area contributed by atoms with Crippen LogP contribution in [0.1, 0.15) is 40.0 Å². The zero-order valence-corrected chi connectivity index (χ0v) is 15.6. The van der Waals surface area contributed by atoms with Crippen LogP contribution in [0.4, 0.5) is 13.2 Å². The number of amides is 1. The van der Waals surface area contributed by atoms with Crippen LogP contribution in [0.25, 0.3) is 0 Å². The van der Waals surface area contributed by atoms with Crippen molar-refractivity contribution in [3.05, 3.63) is 64.7 Å². The van der Waals surface area contributed by atoms with Crippen molar-refractivity contribution in [3.63, 3.8) is 0 Å². The third kappa shape index (κ3) is 6.29. The van der Waals surface area contributed by atoms with E-state index in [1.165, 1.54) is 0 Å². The van der Waals surface area contributed by atoms with E-state index in [4.69, 9.17) is 4.74 Å². The Morgan fingerprint density at radius 3 is 2.25 bits per heavy atom. The molecule has 0 radical (unpaired) electrons. The van der Waals surface area contributed by atoms with E-state index in [2.05, 4.69) is 10.1 Å². The smallest absolute Gasteiger partial charge is 0.452 e. The molecule has 0 unspecified atom stereocenters. The van der Waals surface area contributed by atoms with Crippen molar-refractivity contribution in [1.82, 2.24) is 5.32 Å². The Morgan fingerprint density at radius 2 is 1.68 bits per heavy atom. The average Bonchev–Trinajstić information content (AvgIpc) is 2.61. The largest absolute Gasteiger partial charge is 0.573 e. The third-order valence-electron chi connectivity index (χ3n) is 4.07. The molecule has 1 N–H and O–H groups in total. The molecule has 1 amide bonds. The number of alkyl halides is 3. The normalized spacial score (nSPS) is 12.2. The van der Waals surface area contributed by atoms with Gasteiger partial charge in [0.25, 0.3) is 5.91 Å². The first-order valence-corrected chi connectivity index (χ1v) is 8.44. The molecule has 1 atom stereocenters. The Bertz CT molecular complexity index is 848. The van der Waals surface area contributed by atoms with Crippen molar-refractivity contribution in [1.29, 1.82) is 0 Å². The van der Waals surface area contributed by atoms with Gasteiger partial charge in [-0.05, 0) is 61.7 Å². The van der Waals surface area contributed by atoms with Gasteiger partial charge in [0, 0.05) is 0 Å². The molecule has 0 fully saturated rings. The molecule has 8 heteroatoms. The summed E-state index contributed by atoms with van der Waals surface area (Å²) in [5.74, 6) is -1.77. The molecule has 0 aliphatic heterocycles. The first kappa shape index (κ1) is 21.3. The topological polar surface area (TPSA) is 64.6 Å². The number of aryl methyl sites for hydroxylation is 2. The lowest BCUT2D eigenvalue weighted by atomic mass is 10.0. The molecule has 0 bridgehead atoms. The van der Waals surface area contributed by atoms with Gasteiger partial charge in [0.05, 0.1) is 11.6 Å². The summed E-state index contributed by atoms with van der Waals surface area (Å²) in [6, 6.07) is 9.79. The standard InChI is InChI=1S/C20H20F3NO4/c1-12-4-5-16(10-13(12)2)14(3)24-18(25)11-27-19(26)15-6-8-17(9-7-15)28-20(21,22)23/h4-10,14H,11H2,1-3H3,(H,24,25)/t14-/m1/s1. The maximum Gasteiger partial charge on any atom is 0.573 e. The Morgan fingerprint density at radius 1 is 1.04 bits per heavy atom. The molecule has 0 spiro atoms. The molecule has 2 aromatic carbocycles. The lowest BCUT2D eigenvalue weighted by molar-refractivity contribution is -0.274. The van der Waals surface area contributed by atoms with Crippen molar-refractivity contribution in [3.8, 4) is 5.75 Å². The van der Waals surface area contributed by atoms with Crippen LogP contribution in [-0.2, 0) is 9.53 Å². The van der Waals surface area contributed by atoms with Crippen molar-refractivity contribution in [2.75, 3.05) is 6.61 Å². The number of ether oxygens (including phenoxy) is 2. The molecule has 2 aromatic rings. The van der Waals surface area contributed by atoms with Crippen molar-refractivity contribution in [2.24, 2.45) is 0 Å². The van der Waals surface area contributed by atoms with E-state index in [1.807, 2.05) is 39.0 Å². The van der Waals surface area contributed by atoms with Gasteiger partial charge >= 0.3 is 12.3 Å². The number of carbonyl (C=O) groups is 2. The van der Waals surface area contributed by atoms with Crippen LogP contribution in [0.15, 0.2) is 42.5 Å². The van der Waals surface area contributed by atoms with E-state index in [-0.39, 0.29) is 11.6 Å². The number of hydrogen-bond donors (Lipinski definition) is 1. The van der Waals surface area contributed by atoms with Gasteiger partial charge in [-0.15, -0.1) is 13.2 Å². The molecule has 5 nitrogen and oxygen atoms in total. The number of halogens is 3. The summed E-state index contributed by atoms with van der Waals surface area (Å²) in [6.07, 6.45) is -4.81. The van der Waals surface area contributed by atoms with Gasteiger partial charge in [-0.3, -0.25) is 4.79 Å². The maximum absolute atomic E-state index is 12.1. The molecule has 2 rings (SSSR count). The highest BCUT2D eigenvalue weighted by molar-refractivity contribution is 5.91. The Balaban J connectivity index is 1.86. The summed E-state index contributed by atoms with van der Waals surface area (Å²) in [5, 5.41) is 2.72. The Hall–Kier alpha value is -3.03. The van der Waals surface area contributed by atoms with Crippen LogP contribution in [0.3, 0.4) is 0 Å². The monoisotopic (exact) mass is 395 g/mol. The number of hydrogen-bond acceptors (Lipinski definition) is 4. The minimum atomic E-state index is -4.81. The minimum Gasteiger partial charge on any atom is -0.452 e. The number of nitrogens with one attached hydrogen (secondary N) is 1. The van der Waals surface area contributed by atoms with Crippen molar-refractivity contribution < 1.29 is 32.2 Å². The lowest BCUT2D eigenvalue weighted by Gasteiger charge is -2.16. The molecule has 0 aliphatic carbocycles. The van der Waals surface area contributed by atoms with E-state index in [9.17, 15) is 22.8 Å². The molecule has 0 aliphatic rings. The van der Waals surface area contributed by atoms with Crippen molar-refractivity contribution >= 4 is 11.9 Å².